The van der Waals surface area contributed by atoms with Gasteiger partial charge in [0.15, 0.2) is 6.61 Å². The van der Waals surface area contributed by atoms with Gasteiger partial charge in [0, 0.05) is 10.6 Å². The first-order chi connectivity index (χ1) is 13.8. The Bertz CT molecular complexity index is 918. The molecule has 1 unspecified atom stereocenters. The Morgan fingerprint density at radius 1 is 0.931 bits per heavy atom. The molecule has 0 aromatic heterocycles. The molecule has 0 saturated carbocycles. The van der Waals surface area contributed by atoms with Crippen LogP contribution in [0.2, 0.25) is 10.0 Å². The quantitative estimate of drug-likeness (QED) is 0.472. The summed E-state index contributed by atoms with van der Waals surface area (Å²) in [5.74, 6) is -2.71. The van der Waals surface area contributed by atoms with E-state index in [0.29, 0.717) is 5.02 Å². The fourth-order valence-corrected chi connectivity index (χ4v) is 2.42. The van der Waals surface area contributed by atoms with Crippen LogP contribution in [0.1, 0.15) is 27.6 Å². The molecule has 0 heterocycles. The van der Waals surface area contributed by atoms with Crippen molar-refractivity contribution in [3.05, 3.63) is 69.7 Å². The summed E-state index contributed by atoms with van der Waals surface area (Å²) >= 11 is 11.7. The molecular formula is C19H17Cl2N3O5. The summed E-state index contributed by atoms with van der Waals surface area (Å²) in [5.41, 5.74) is 4.77. The standard InChI is InChI=1S/C19H17Cl2N3O5/c1-11(22-18(27)14-4-2-3-5-15(14)21)19(28)29-10-16(25)23-24-17(26)12-6-8-13(20)9-7-12/h2-9,11H,10H2,1H3,(H,22,27)(H,23,25)(H,24,26). The van der Waals surface area contributed by atoms with E-state index in [9.17, 15) is 19.2 Å². The van der Waals surface area contributed by atoms with Crippen LogP contribution < -0.4 is 16.2 Å². The highest BCUT2D eigenvalue weighted by molar-refractivity contribution is 6.33. The highest BCUT2D eigenvalue weighted by atomic mass is 35.5. The molecule has 0 aliphatic heterocycles. The number of hydrogen-bond donors (Lipinski definition) is 3. The summed E-state index contributed by atoms with van der Waals surface area (Å²) in [4.78, 5) is 47.6. The van der Waals surface area contributed by atoms with Gasteiger partial charge in [-0.15, -0.1) is 0 Å². The molecule has 2 rings (SSSR count). The minimum absolute atomic E-state index is 0.205. The number of carbonyl (C=O) groups excluding carboxylic acids is 4. The van der Waals surface area contributed by atoms with Gasteiger partial charge in [0.1, 0.15) is 6.04 Å². The topological polar surface area (TPSA) is 114 Å². The van der Waals surface area contributed by atoms with E-state index in [1.807, 2.05) is 0 Å². The van der Waals surface area contributed by atoms with Gasteiger partial charge in [0.2, 0.25) is 0 Å². The van der Waals surface area contributed by atoms with Crippen LogP contribution in [0.25, 0.3) is 0 Å². The molecule has 0 radical (unpaired) electrons. The molecule has 1 atom stereocenters. The first-order valence-electron chi connectivity index (χ1n) is 8.34. The molecule has 0 aliphatic carbocycles. The molecule has 3 amide bonds. The van der Waals surface area contributed by atoms with Crippen molar-refractivity contribution in [2.75, 3.05) is 6.61 Å². The third-order valence-electron chi connectivity index (χ3n) is 3.59. The molecule has 2 aromatic carbocycles. The zero-order valence-corrected chi connectivity index (χ0v) is 16.7. The highest BCUT2D eigenvalue weighted by Crippen LogP contribution is 2.14. The summed E-state index contributed by atoms with van der Waals surface area (Å²) in [6.07, 6.45) is 0. The van der Waals surface area contributed by atoms with Crippen LogP contribution in [0.4, 0.5) is 0 Å². The first kappa shape index (κ1) is 22.2. The van der Waals surface area contributed by atoms with Crippen LogP contribution in [0.3, 0.4) is 0 Å². The van der Waals surface area contributed by atoms with Gasteiger partial charge in [0.05, 0.1) is 10.6 Å². The lowest BCUT2D eigenvalue weighted by molar-refractivity contribution is -0.150. The molecule has 29 heavy (non-hydrogen) atoms. The zero-order chi connectivity index (χ0) is 21.4. The number of halogens is 2. The molecular weight excluding hydrogens is 421 g/mol. The van der Waals surface area contributed by atoms with Gasteiger partial charge < -0.3 is 10.1 Å². The molecule has 0 aliphatic rings. The summed E-state index contributed by atoms with van der Waals surface area (Å²) in [6, 6.07) is 11.3. The Labute approximate surface area is 176 Å². The van der Waals surface area contributed by atoms with E-state index in [1.54, 1.807) is 18.2 Å². The van der Waals surface area contributed by atoms with Crippen molar-refractivity contribution < 1.29 is 23.9 Å². The number of nitrogens with one attached hydrogen (secondary N) is 3. The van der Waals surface area contributed by atoms with Gasteiger partial charge in [-0.1, -0.05) is 35.3 Å². The minimum atomic E-state index is -1.02. The number of ether oxygens (including phenoxy) is 1. The van der Waals surface area contributed by atoms with E-state index >= 15 is 0 Å². The normalized spacial score (nSPS) is 11.1. The van der Waals surface area contributed by atoms with Crippen LogP contribution in [0, 0.1) is 0 Å². The Hall–Kier alpha value is -3.10. The number of esters is 1. The van der Waals surface area contributed by atoms with Gasteiger partial charge in [-0.05, 0) is 43.3 Å². The van der Waals surface area contributed by atoms with Crippen LogP contribution >= 0.6 is 23.2 Å². The van der Waals surface area contributed by atoms with E-state index in [1.165, 1.54) is 37.3 Å². The third-order valence-corrected chi connectivity index (χ3v) is 4.17. The van der Waals surface area contributed by atoms with Gasteiger partial charge >= 0.3 is 5.97 Å². The Morgan fingerprint density at radius 3 is 2.24 bits per heavy atom. The van der Waals surface area contributed by atoms with E-state index < -0.39 is 36.3 Å². The summed E-state index contributed by atoms with van der Waals surface area (Å²) < 4.78 is 4.82. The average Bonchev–Trinajstić information content (AvgIpc) is 2.70. The van der Waals surface area contributed by atoms with Gasteiger partial charge in [0.25, 0.3) is 17.7 Å². The second-order valence-corrected chi connectivity index (χ2v) is 6.64. The predicted molar refractivity (Wildman–Crippen MR) is 106 cm³/mol. The number of benzene rings is 2. The number of carbonyl (C=O) groups is 4. The largest absolute Gasteiger partial charge is 0.454 e. The lowest BCUT2D eigenvalue weighted by Gasteiger charge is -2.14. The SMILES string of the molecule is CC(NC(=O)c1ccccc1Cl)C(=O)OCC(=O)NNC(=O)c1ccc(Cl)cc1. The molecule has 0 fully saturated rings. The van der Waals surface area contributed by atoms with E-state index in [0.717, 1.165) is 0 Å². The molecule has 0 spiro atoms. The fourth-order valence-electron chi connectivity index (χ4n) is 2.08. The monoisotopic (exact) mass is 437 g/mol. The summed E-state index contributed by atoms with van der Waals surface area (Å²) in [5, 5.41) is 3.13. The molecule has 3 N–H and O–H groups in total. The van der Waals surface area contributed by atoms with Gasteiger partial charge in [-0.2, -0.15) is 0 Å². The van der Waals surface area contributed by atoms with Crippen LogP contribution in [0.5, 0.6) is 0 Å². The Kier molecular flexibility index (Phi) is 7.99. The Morgan fingerprint density at radius 2 is 1.59 bits per heavy atom. The molecule has 10 heteroatoms. The van der Waals surface area contributed by atoms with Crippen LogP contribution in [-0.4, -0.2) is 36.3 Å². The van der Waals surface area contributed by atoms with Gasteiger partial charge in [-0.3, -0.25) is 25.2 Å². The predicted octanol–water partition coefficient (Wildman–Crippen LogP) is 2.12. The zero-order valence-electron chi connectivity index (χ0n) is 15.2. The number of hydrazine groups is 1. The molecule has 0 bridgehead atoms. The molecule has 2 aromatic rings. The number of hydrogen-bond acceptors (Lipinski definition) is 5. The lowest BCUT2D eigenvalue weighted by atomic mass is 10.2. The fraction of sp³-hybridized carbons (Fsp3) is 0.158. The number of rotatable bonds is 6. The third kappa shape index (κ3) is 6.78. The van der Waals surface area contributed by atoms with Crippen molar-refractivity contribution in [2.24, 2.45) is 0 Å². The average molecular weight is 438 g/mol. The maximum Gasteiger partial charge on any atom is 0.328 e. The summed E-state index contributed by atoms with van der Waals surface area (Å²) in [6.45, 7) is 0.753. The van der Waals surface area contributed by atoms with E-state index in [-0.39, 0.29) is 16.1 Å². The summed E-state index contributed by atoms with van der Waals surface area (Å²) in [7, 11) is 0. The van der Waals surface area contributed by atoms with Crippen molar-refractivity contribution >= 4 is 46.9 Å². The highest BCUT2D eigenvalue weighted by Gasteiger charge is 2.20. The van der Waals surface area contributed by atoms with Crippen LogP contribution in [-0.2, 0) is 14.3 Å². The number of amides is 3. The van der Waals surface area contributed by atoms with Crippen molar-refractivity contribution in [2.45, 2.75) is 13.0 Å². The van der Waals surface area contributed by atoms with Gasteiger partial charge in [-0.25, -0.2) is 4.79 Å². The molecule has 0 saturated heterocycles. The van der Waals surface area contributed by atoms with Crippen LogP contribution in [0.15, 0.2) is 48.5 Å². The first-order valence-corrected chi connectivity index (χ1v) is 9.10. The van der Waals surface area contributed by atoms with E-state index in [4.69, 9.17) is 27.9 Å². The second-order valence-electron chi connectivity index (χ2n) is 5.79. The minimum Gasteiger partial charge on any atom is -0.454 e. The smallest absolute Gasteiger partial charge is 0.328 e. The van der Waals surface area contributed by atoms with Crippen molar-refractivity contribution in [1.29, 1.82) is 0 Å². The maximum absolute atomic E-state index is 12.1. The Balaban J connectivity index is 1.75. The van der Waals surface area contributed by atoms with Crippen molar-refractivity contribution in [3.63, 3.8) is 0 Å². The second kappa shape index (κ2) is 10.4. The molecule has 8 nitrogen and oxygen atoms in total. The van der Waals surface area contributed by atoms with Crippen molar-refractivity contribution in [3.8, 4) is 0 Å². The van der Waals surface area contributed by atoms with Crippen molar-refractivity contribution in [1.82, 2.24) is 16.2 Å². The molecule has 152 valence electrons. The van der Waals surface area contributed by atoms with E-state index in [2.05, 4.69) is 16.2 Å². The maximum atomic E-state index is 12.1. The lowest BCUT2D eigenvalue weighted by Crippen LogP contribution is -2.45.